The van der Waals surface area contributed by atoms with Crippen LogP contribution in [0.3, 0.4) is 0 Å². The molecule has 3 aromatic rings. The molecule has 0 saturated carbocycles. The molecule has 0 unspecified atom stereocenters. The van der Waals surface area contributed by atoms with Gasteiger partial charge >= 0.3 is 0 Å². The van der Waals surface area contributed by atoms with Gasteiger partial charge in [0, 0.05) is 11.3 Å². The number of amides is 2. The summed E-state index contributed by atoms with van der Waals surface area (Å²) >= 11 is 0. The molecule has 27 heavy (non-hydrogen) atoms. The highest BCUT2D eigenvalue weighted by Gasteiger charge is 2.08. The van der Waals surface area contributed by atoms with Gasteiger partial charge in [-0.05, 0) is 48.5 Å². The molecule has 3 rings (SSSR count). The third kappa shape index (κ3) is 5.36. The summed E-state index contributed by atoms with van der Waals surface area (Å²) in [5.41, 5.74) is 1.16. The van der Waals surface area contributed by atoms with Crippen LogP contribution in [0.5, 0.6) is 5.75 Å². The van der Waals surface area contributed by atoms with Gasteiger partial charge in [-0.25, -0.2) is 4.39 Å². The van der Waals surface area contributed by atoms with Crippen LogP contribution in [0.25, 0.3) is 11.5 Å². The lowest BCUT2D eigenvalue weighted by atomic mass is 10.2. The Kier molecular flexibility index (Phi) is 5.73. The first-order valence-electron chi connectivity index (χ1n) is 7.92. The standard InChI is InChI=1S/C18H15FN4O4/c19-13-3-5-14(6-4-13)22-16(24)9-20-17(25)10-26-15-7-1-12(2-8-15)18-23-21-11-27-18/h1-8,11H,9-10H2,(H,20,25)(H,22,24). The molecule has 2 amide bonds. The zero-order chi connectivity index (χ0) is 19.1. The number of hydrogen-bond acceptors (Lipinski definition) is 6. The first-order valence-corrected chi connectivity index (χ1v) is 7.92. The second kappa shape index (κ2) is 8.56. The highest BCUT2D eigenvalue weighted by molar-refractivity contribution is 5.94. The molecule has 0 aliphatic rings. The van der Waals surface area contributed by atoms with Gasteiger partial charge in [-0.2, -0.15) is 0 Å². The largest absolute Gasteiger partial charge is 0.484 e. The fourth-order valence-corrected chi connectivity index (χ4v) is 2.11. The number of ether oxygens (including phenoxy) is 1. The molecule has 0 spiro atoms. The molecule has 9 heteroatoms. The summed E-state index contributed by atoms with van der Waals surface area (Å²) < 4.78 is 23.2. The second-order valence-corrected chi connectivity index (χ2v) is 5.39. The van der Waals surface area contributed by atoms with Crippen LogP contribution in [0.4, 0.5) is 10.1 Å². The van der Waals surface area contributed by atoms with Crippen LogP contribution in [0, 0.1) is 5.82 Å². The molecule has 1 aromatic heterocycles. The van der Waals surface area contributed by atoms with E-state index < -0.39 is 17.6 Å². The van der Waals surface area contributed by atoms with E-state index in [0.717, 1.165) is 5.56 Å². The SMILES string of the molecule is O=C(COc1ccc(-c2nnco2)cc1)NCC(=O)Nc1ccc(F)cc1. The van der Waals surface area contributed by atoms with Crippen LogP contribution in [0.1, 0.15) is 0 Å². The van der Waals surface area contributed by atoms with Gasteiger partial charge in [-0.15, -0.1) is 10.2 Å². The topological polar surface area (TPSA) is 106 Å². The van der Waals surface area contributed by atoms with Crippen LogP contribution in [-0.2, 0) is 9.59 Å². The highest BCUT2D eigenvalue weighted by Crippen LogP contribution is 2.20. The molecule has 0 aliphatic carbocycles. The second-order valence-electron chi connectivity index (χ2n) is 5.39. The van der Waals surface area contributed by atoms with E-state index in [-0.39, 0.29) is 13.2 Å². The summed E-state index contributed by atoms with van der Waals surface area (Å²) in [6.45, 7) is -0.473. The summed E-state index contributed by atoms with van der Waals surface area (Å²) in [4.78, 5) is 23.5. The predicted octanol–water partition coefficient (Wildman–Crippen LogP) is 2.01. The van der Waals surface area contributed by atoms with Crippen LogP contribution < -0.4 is 15.4 Å². The van der Waals surface area contributed by atoms with Gasteiger partial charge in [0.2, 0.25) is 18.2 Å². The fourth-order valence-electron chi connectivity index (χ4n) is 2.11. The summed E-state index contributed by atoms with van der Waals surface area (Å²) in [6, 6.07) is 12.1. The van der Waals surface area contributed by atoms with E-state index in [2.05, 4.69) is 20.8 Å². The average molecular weight is 370 g/mol. The molecule has 0 aliphatic heterocycles. The molecule has 2 N–H and O–H groups in total. The van der Waals surface area contributed by atoms with Gasteiger partial charge in [0.15, 0.2) is 6.61 Å². The molecule has 0 bridgehead atoms. The van der Waals surface area contributed by atoms with E-state index in [1.165, 1.54) is 30.7 Å². The number of carbonyl (C=O) groups excluding carboxylic acids is 2. The van der Waals surface area contributed by atoms with Crippen LogP contribution in [0.2, 0.25) is 0 Å². The molecular weight excluding hydrogens is 355 g/mol. The van der Waals surface area contributed by atoms with Crippen molar-refractivity contribution in [2.75, 3.05) is 18.5 Å². The first kappa shape index (κ1) is 18.1. The summed E-state index contributed by atoms with van der Waals surface area (Å²) in [5, 5.41) is 12.4. The third-order valence-electron chi connectivity index (χ3n) is 3.41. The molecule has 0 fully saturated rings. The number of anilines is 1. The lowest BCUT2D eigenvalue weighted by molar-refractivity contribution is -0.125. The first-order chi connectivity index (χ1) is 13.1. The number of halogens is 1. The minimum atomic E-state index is -0.453. The van der Waals surface area contributed by atoms with E-state index in [4.69, 9.17) is 9.15 Å². The Labute approximate surface area is 153 Å². The van der Waals surface area contributed by atoms with Crippen molar-refractivity contribution in [1.82, 2.24) is 15.5 Å². The van der Waals surface area contributed by atoms with Crippen LogP contribution in [-0.4, -0.2) is 35.2 Å². The van der Waals surface area contributed by atoms with Crippen molar-refractivity contribution >= 4 is 17.5 Å². The maximum absolute atomic E-state index is 12.8. The van der Waals surface area contributed by atoms with Crippen molar-refractivity contribution in [1.29, 1.82) is 0 Å². The number of nitrogens with zero attached hydrogens (tertiary/aromatic N) is 2. The van der Waals surface area contributed by atoms with Gasteiger partial charge < -0.3 is 19.8 Å². The van der Waals surface area contributed by atoms with Gasteiger partial charge in [0.05, 0.1) is 6.54 Å². The Balaban J connectivity index is 1.40. The summed E-state index contributed by atoms with van der Waals surface area (Å²) in [6.07, 6.45) is 1.23. The fraction of sp³-hybridized carbons (Fsp3) is 0.111. The van der Waals surface area contributed by atoms with Crippen molar-refractivity contribution in [3.8, 4) is 17.2 Å². The quantitative estimate of drug-likeness (QED) is 0.659. The van der Waals surface area contributed by atoms with E-state index in [1.54, 1.807) is 24.3 Å². The Morgan fingerprint density at radius 2 is 1.78 bits per heavy atom. The van der Waals surface area contributed by atoms with Crippen molar-refractivity contribution in [2.45, 2.75) is 0 Å². The molecular formula is C18H15FN4O4. The molecule has 0 radical (unpaired) electrons. The monoisotopic (exact) mass is 370 g/mol. The lowest BCUT2D eigenvalue weighted by Crippen LogP contribution is -2.35. The maximum atomic E-state index is 12.8. The zero-order valence-corrected chi connectivity index (χ0v) is 14.0. The number of nitrogens with one attached hydrogen (secondary N) is 2. The summed E-state index contributed by atoms with van der Waals surface area (Å²) in [7, 11) is 0. The number of aromatic nitrogens is 2. The van der Waals surface area contributed by atoms with Gasteiger partial charge in [0.1, 0.15) is 11.6 Å². The van der Waals surface area contributed by atoms with E-state index in [9.17, 15) is 14.0 Å². The number of benzene rings is 2. The maximum Gasteiger partial charge on any atom is 0.258 e. The van der Waals surface area contributed by atoms with Gasteiger partial charge in [-0.1, -0.05) is 0 Å². The average Bonchev–Trinajstić information content (AvgIpc) is 3.22. The van der Waals surface area contributed by atoms with Gasteiger partial charge in [0.25, 0.3) is 5.91 Å². The highest BCUT2D eigenvalue weighted by atomic mass is 19.1. The number of hydrogen-bond donors (Lipinski definition) is 2. The zero-order valence-electron chi connectivity index (χ0n) is 14.0. The minimum Gasteiger partial charge on any atom is -0.484 e. The van der Waals surface area contributed by atoms with Crippen molar-refractivity contribution in [3.05, 3.63) is 60.7 Å². The molecule has 2 aromatic carbocycles. The van der Waals surface area contributed by atoms with Gasteiger partial charge in [-0.3, -0.25) is 9.59 Å². The molecule has 0 atom stereocenters. The van der Waals surface area contributed by atoms with Crippen molar-refractivity contribution in [3.63, 3.8) is 0 Å². The Hall–Kier alpha value is -3.75. The van der Waals surface area contributed by atoms with E-state index in [0.29, 0.717) is 17.3 Å². The van der Waals surface area contributed by atoms with Crippen molar-refractivity contribution in [2.24, 2.45) is 0 Å². The molecule has 138 valence electrons. The van der Waals surface area contributed by atoms with E-state index >= 15 is 0 Å². The molecule has 1 heterocycles. The minimum absolute atomic E-state index is 0.227. The Morgan fingerprint density at radius 3 is 2.44 bits per heavy atom. The summed E-state index contributed by atoms with van der Waals surface area (Å²) in [5.74, 6) is -0.427. The predicted molar refractivity (Wildman–Crippen MR) is 93.3 cm³/mol. The lowest BCUT2D eigenvalue weighted by Gasteiger charge is -2.08. The van der Waals surface area contributed by atoms with E-state index in [1.807, 2.05) is 0 Å². The Bertz CT molecular complexity index is 896. The molecule has 8 nitrogen and oxygen atoms in total. The smallest absolute Gasteiger partial charge is 0.258 e. The normalized spacial score (nSPS) is 10.3. The molecule has 0 saturated heterocycles. The third-order valence-corrected chi connectivity index (χ3v) is 3.41. The number of rotatable bonds is 7. The number of carbonyl (C=O) groups is 2. The Morgan fingerprint density at radius 1 is 1.04 bits per heavy atom. The van der Waals surface area contributed by atoms with Crippen LogP contribution in [0.15, 0.2) is 59.3 Å². The van der Waals surface area contributed by atoms with Crippen molar-refractivity contribution < 1.29 is 23.1 Å². The van der Waals surface area contributed by atoms with Crippen LogP contribution >= 0.6 is 0 Å².